The number of nitro groups is 1. The molecule has 2 aromatic carbocycles. The molecule has 0 heterocycles. The molecular formula is C17H15ClN2O3. The van der Waals surface area contributed by atoms with E-state index >= 15 is 0 Å². The number of carbonyl (C=O) groups is 1. The monoisotopic (exact) mass is 330 g/mol. The molecule has 6 heteroatoms. The summed E-state index contributed by atoms with van der Waals surface area (Å²) in [5.74, 6) is -0.294. The molecule has 0 fully saturated rings. The Morgan fingerprint density at radius 1 is 1.17 bits per heavy atom. The van der Waals surface area contributed by atoms with Crippen molar-refractivity contribution in [2.45, 2.75) is 6.42 Å². The summed E-state index contributed by atoms with van der Waals surface area (Å²) < 4.78 is 0. The molecule has 0 aliphatic heterocycles. The first kappa shape index (κ1) is 16.7. The lowest BCUT2D eigenvalue weighted by Gasteiger charge is -2.03. The average molecular weight is 331 g/mol. The quantitative estimate of drug-likeness (QED) is 0.499. The van der Waals surface area contributed by atoms with E-state index in [0.717, 1.165) is 5.56 Å². The number of amides is 1. The Bertz CT molecular complexity index is 727. The molecule has 5 nitrogen and oxygen atoms in total. The number of rotatable bonds is 6. The molecule has 0 atom stereocenters. The maximum atomic E-state index is 11.8. The minimum absolute atomic E-state index is 0.0299. The highest BCUT2D eigenvalue weighted by Crippen LogP contribution is 2.18. The summed E-state index contributed by atoms with van der Waals surface area (Å²) in [7, 11) is 0. The largest absolute Gasteiger partial charge is 0.352 e. The molecule has 0 aliphatic carbocycles. The number of nitro benzene ring substituents is 1. The molecule has 0 unspecified atom stereocenters. The molecular weight excluding hydrogens is 316 g/mol. The molecule has 0 saturated carbocycles. The van der Waals surface area contributed by atoms with Gasteiger partial charge in [0.15, 0.2) is 0 Å². The van der Waals surface area contributed by atoms with Gasteiger partial charge in [0.05, 0.1) is 10.5 Å². The summed E-state index contributed by atoms with van der Waals surface area (Å²) in [4.78, 5) is 22.2. The van der Waals surface area contributed by atoms with Crippen molar-refractivity contribution in [3.8, 4) is 0 Å². The molecule has 2 aromatic rings. The molecule has 0 aromatic heterocycles. The second kappa shape index (κ2) is 8.10. The fourth-order valence-corrected chi connectivity index (χ4v) is 2.13. The van der Waals surface area contributed by atoms with Crippen molar-refractivity contribution in [1.29, 1.82) is 0 Å². The van der Waals surface area contributed by atoms with Crippen LogP contribution in [0.15, 0.2) is 54.6 Å². The lowest BCUT2D eigenvalue weighted by Crippen LogP contribution is -2.23. The van der Waals surface area contributed by atoms with Crippen LogP contribution in [0.2, 0.25) is 5.02 Å². The van der Waals surface area contributed by atoms with E-state index in [1.54, 1.807) is 30.3 Å². The minimum Gasteiger partial charge on any atom is -0.352 e. The summed E-state index contributed by atoms with van der Waals surface area (Å²) in [6.07, 6.45) is 3.42. The molecule has 1 amide bonds. The molecule has 0 radical (unpaired) electrons. The summed E-state index contributed by atoms with van der Waals surface area (Å²) in [5.41, 5.74) is 1.43. The molecule has 0 spiro atoms. The van der Waals surface area contributed by atoms with Crippen LogP contribution in [-0.4, -0.2) is 17.4 Å². The number of hydrogen-bond acceptors (Lipinski definition) is 3. The third-order valence-corrected chi connectivity index (χ3v) is 3.43. The Labute approximate surface area is 138 Å². The van der Waals surface area contributed by atoms with Crippen LogP contribution in [0.4, 0.5) is 5.69 Å². The first-order chi connectivity index (χ1) is 11.1. The average Bonchev–Trinajstić information content (AvgIpc) is 2.55. The van der Waals surface area contributed by atoms with Gasteiger partial charge in [-0.15, -0.1) is 0 Å². The molecule has 0 saturated heterocycles. The highest BCUT2D eigenvalue weighted by atomic mass is 35.5. The van der Waals surface area contributed by atoms with Crippen LogP contribution in [-0.2, 0) is 11.2 Å². The molecule has 2 rings (SSSR count). The zero-order valence-corrected chi connectivity index (χ0v) is 13.0. The fourth-order valence-electron chi connectivity index (χ4n) is 2.00. The van der Waals surface area contributed by atoms with Crippen molar-refractivity contribution in [3.05, 3.63) is 80.9 Å². The second-order valence-electron chi connectivity index (χ2n) is 4.82. The second-order valence-corrected chi connectivity index (χ2v) is 5.25. The van der Waals surface area contributed by atoms with Crippen molar-refractivity contribution in [2.24, 2.45) is 0 Å². The van der Waals surface area contributed by atoms with E-state index in [1.165, 1.54) is 18.2 Å². The molecule has 0 aliphatic rings. The van der Waals surface area contributed by atoms with Gasteiger partial charge in [-0.2, -0.15) is 0 Å². The normalized spacial score (nSPS) is 10.7. The zero-order chi connectivity index (χ0) is 16.7. The third-order valence-electron chi connectivity index (χ3n) is 3.17. The van der Waals surface area contributed by atoms with E-state index in [9.17, 15) is 14.9 Å². The minimum atomic E-state index is -0.474. The van der Waals surface area contributed by atoms with Crippen LogP contribution in [0.5, 0.6) is 0 Å². The van der Waals surface area contributed by atoms with Gasteiger partial charge < -0.3 is 5.32 Å². The topological polar surface area (TPSA) is 72.2 Å². The molecule has 118 valence electrons. The number of halogens is 1. The van der Waals surface area contributed by atoms with Gasteiger partial charge in [-0.1, -0.05) is 35.9 Å². The maximum Gasteiger partial charge on any atom is 0.276 e. The molecule has 0 bridgehead atoms. The highest BCUT2D eigenvalue weighted by Gasteiger charge is 2.09. The van der Waals surface area contributed by atoms with Gasteiger partial charge in [-0.25, -0.2) is 0 Å². The Kier molecular flexibility index (Phi) is 5.88. The van der Waals surface area contributed by atoms with Crippen molar-refractivity contribution in [3.63, 3.8) is 0 Å². The first-order valence-corrected chi connectivity index (χ1v) is 7.38. The third kappa shape index (κ3) is 5.23. The number of nitrogens with one attached hydrogen (secondary N) is 1. The Morgan fingerprint density at radius 2 is 1.87 bits per heavy atom. The summed E-state index contributed by atoms with van der Waals surface area (Å²) in [6, 6.07) is 13.7. The van der Waals surface area contributed by atoms with Crippen molar-refractivity contribution in [1.82, 2.24) is 5.32 Å². The van der Waals surface area contributed by atoms with Crippen LogP contribution >= 0.6 is 11.6 Å². The van der Waals surface area contributed by atoms with E-state index < -0.39 is 4.92 Å². The smallest absolute Gasteiger partial charge is 0.276 e. The van der Waals surface area contributed by atoms with E-state index in [4.69, 9.17) is 11.6 Å². The van der Waals surface area contributed by atoms with E-state index in [0.29, 0.717) is 23.6 Å². The Morgan fingerprint density at radius 3 is 2.57 bits per heavy atom. The summed E-state index contributed by atoms with van der Waals surface area (Å²) >= 11 is 5.80. The van der Waals surface area contributed by atoms with E-state index in [2.05, 4.69) is 5.32 Å². The Hall–Kier alpha value is -2.66. The first-order valence-electron chi connectivity index (χ1n) is 7.00. The molecule has 23 heavy (non-hydrogen) atoms. The zero-order valence-electron chi connectivity index (χ0n) is 12.2. The van der Waals surface area contributed by atoms with Crippen molar-refractivity contribution < 1.29 is 9.72 Å². The van der Waals surface area contributed by atoms with Crippen molar-refractivity contribution >= 4 is 29.3 Å². The van der Waals surface area contributed by atoms with Crippen LogP contribution in [0.25, 0.3) is 6.08 Å². The van der Waals surface area contributed by atoms with Crippen molar-refractivity contribution in [2.75, 3.05) is 6.54 Å². The van der Waals surface area contributed by atoms with E-state index in [1.807, 2.05) is 12.1 Å². The standard InChI is InChI=1S/C17H15ClN2O3/c18-15-8-5-13(6-9-15)11-12-19-17(21)10-7-14-3-1-2-4-16(14)20(22)23/h1-10H,11-12H2,(H,19,21)/b10-7+. The maximum absolute atomic E-state index is 11.8. The van der Waals surface area contributed by atoms with E-state index in [-0.39, 0.29) is 11.6 Å². The van der Waals surface area contributed by atoms with Gasteiger partial charge in [0.2, 0.25) is 5.91 Å². The fraction of sp³-hybridized carbons (Fsp3) is 0.118. The highest BCUT2D eigenvalue weighted by molar-refractivity contribution is 6.30. The van der Waals surface area contributed by atoms with Crippen LogP contribution < -0.4 is 5.32 Å². The predicted molar refractivity (Wildman–Crippen MR) is 90.3 cm³/mol. The number of benzene rings is 2. The lowest BCUT2D eigenvalue weighted by atomic mass is 10.1. The van der Waals surface area contributed by atoms with Gasteiger partial charge >= 0.3 is 0 Å². The van der Waals surface area contributed by atoms with Gasteiger partial charge in [-0.05, 0) is 36.3 Å². The van der Waals surface area contributed by atoms with Crippen LogP contribution in [0, 0.1) is 10.1 Å². The number of carbonyl (C=O) groups excluding carboxylic acids is 1. The van der Waals surface area contributed by atoms with Gasteiger partial charge in [0.1, 0.15) is 0 Å². The van der Waals surface area contributed by atoms with Gasteiger partial charge in [0, 0.05) is 23.7 Å². The van der Waals surface area contributed by atoms with Crippen LogP contribution in [0.1, 0.15) is 11.1 Å². The van der Waals surface area contributed by atoms with Gasteiger partial charge in [-0.3, -0.25) is 14.9 Å². The van der Waals surface area contributed by atoms with Gasteiger partial charge in [0.25, 0.3) is 5.69 Å². The Balaban J connectivity index is 1.87. The number of hydrogen-bond donors (Lipinski definition) is 1. The summed E-state index contributed by atoms with van der Waals surface area (Å²) in [6.45, 7) is 0.474. The lowest BCUT2D eigenvalue weighted by molar-refractivity contribution is -0.385. The summed E-state index contributed by atoms with van der Waals surface area (Å²) in [5, 5.41) is 14.3. The molecule has 1 N–H and O–H groups in total. The van der Waals surface area contributed by atoms with Crippen LogP contribution in [0.3, 0.4) is 0 Å². The SMILES string of the molecule is O=C(/C=C/c1ccccc1[N+](=O)[O-])NCCc1ccc(Cl)cc1. The number of para-hydroxylation sites is 1. The predicted octanol–water partition coefficient (Wildman–Crippen LogP) is 3.62. The number of nitrogens with zero attached hydrogens (tertiary/aromatic N) is 1.